The van der Waals surface area contributed by atoms with Gasteiger partial charge in [0.05, 0.1) is 6.10 Å². The standard InChI is InChI=1S/C9H17NO2/c1-3-10(4-2)8-9(12)6-5-7-11/h5-7,9,12H,3-4,8H2,1-2H3. The summed E-state index contributed by atoms with van der Waals surface area (Å²) in [5.41, 5.74) is 0. The Hall–Kier alpha value is -0.670. The van der Waals surface area contributed by atoms with Crippen molar-refractivity contribution < 1.29 is 9.90 Å². The topological polar surface area (TPSA) is 40.5 Å². The van der Waals surface area contributed by atoms with E-state index >= 15 is 0 Å². The van der Waals surface area contributed by atoms with Gasteiger partial charge in [0.25, 0.3) is 0 Å². The minimum Gasteiger partial charge on any atom is -0.388 e. The van der Waals surface area contributed by atoms with Crippen LogP contribution in [-0.4, -0.2) is 42.0 Å². The molecule has 0 aromatic rings. The van der Waals surface area contributed by atoms with E-state index in [4.69, 9.17) is 0 Å². The Bertz CT molecular complexity index is 141. The summed E-state index contributed by atoms with van der Waals surface area (Å²) in [5, 5.41) is 9.33. The molecular formula is C9H17NO2. The first kappa shape index (κ1) is 11.3. The molecule has 0 heterocycles. The number of likely N-dealkylation sites (N-methyl/N-ethyl adjacent to an activating group) is 1. The second-order valence-electron chi connectivity index (χ2n) is 2.57. The van der Waals surface area contributed by atoms with E-state index in [1.54, 1.807) is 0 Å². The van der Waals surface area contributed by atoms with Crippen LogP contribution in [0, 0.1) is 0 Å². The van der Waals surface area contributed by atoms with Gasteiger partial charge in [0.2, 0.25) is 0 Å². The molecule has 70 valence electrons. The van der Waals surface area contributed by atoms with E-state index in [1.807, 2.05) is 13.8 Å². The number of hydrogen-bond acceptors (Lipinski definition) is 3. The number of nitrogens with zero attached hydrogens (tertiary/aromatic N) is 1. The van der Waals surface area contributed by atoms with Crippen molar-refractivity contribution in [3.63, 3.8) is 0 Å². The lowest BCUT2D eigenvalue weighted by Gasteiger charge is -2.19. The van der Waals surface area contributed by atoms with Gasteiger partial charge in [0.15, 0.2) is 0 Å². The number of carbonyl (C=O) groups is 1. The van der Waals surface area contributed by atoms with Gasteiger partial charge in [-0.05, 0) is 19.2 Å². The molecule has 0 radical (unpaired) electrons. The summed E-state index contributed by atoms with van der Waals surface area (Å²) in [4.78, 5) is 12.0. The van der Waals surface area contributed by atoms with Gasteiger partial charge in [-0.25, -0.2) is 0 Å². The Labute approximate surface area is 73.7 Å². The van der Waals surface area contributed by atoms with Crippen molar-refractivity contribution in [1.29, 1.82) is 0 Å². The van der Waals surface area contributed by atoms with Gasteiger partial charge in [0, 0.05) is 6.54 Å². The van der Waals surface area contributed by atoms with Gasteiger partial charge in [0.1, 0.15) is 6.29 Å². The second kappa shape index (κ2) is 7.00. The summed E-state index contributed by atoms with van der Waals surface area (Å²) in [6.45, 7) is 6.52. The van der Waals surface area contributed by atoms with Crippen molar-refractivity contribution in [2.24, 2.45) is 0 Å². The first-order chi connectivity index (χ1) is 5.74. The lowest BCUT2D eigenvalue weighted by atomic mass is 10.3. The second-order valence-corrected chi connectivity index (χ2v) is 2.57. The third kappa shape index (κ3) is 5.04. The zero-order valence-electron chi connectivity index (χ0n) is 7.73. The van der Waals surface area contributed by atoms with E-state index in [9.17, 15) is 9.90 Å². The third-order valence-electron chi connectivity index (χ3n) is 1.75. The van der Waals surface area contributed by atoms with Gasteiger partial charge in [-0.15, -0.1) is 0 Å². The lowest BCUT2D eigenvalue weighted by Crippen LogP contribution is -2.31. The monoisotopic (exact) mass is 171 g/mol. The summed E-state index contributed by atoms with van der Waals surface area (Å²) in [6, 6.07) is 0. The van der Waals surface area contributed by atoms with E-state index in [2.05, 4.69) is 4.90 Å². The van der Waals surface area contributed by atoms with Crippen molar-refractivity contribution in [2.75, 3.05) is 19.6 Å². The van der Waals surface area contributed by atoms with E-state index in [0.717, 1.165) is 13.1 Å². The first-order valence-corrected chi connectivity index (χ1v) is 4.27. The predicted molar refractivity (Wildman–Crippen MR) is 49.0 cm³/mol. The van der Waals surface area contributed by atoms with Crippen LogP contribution in [-0.2, 0) is 4.79 Å². The Kier molecular flexibility index (Phi) is 6.61. The maximum Gasteiger partial charge on any atom is 0.142 e. The number of hydrogen-bond donors (Lipinski definition) is 1. The van der Waals surface area contributed by atoms with Crippen LogP contribution in [0.2, 0.25) is 0 Å². The molecule has 1 N–H and O–H groups in total. The van der Waals surface area contributed by atoms with E-state index in [-0.39, 0.29) is 0 Å². The Morgan fingerprint density at radius 2 is 2.00 bits per heavy atom. The molecule has 0 bridgehead atoms. The average Bonchev–Trinajstić information content (AvgIpc) is 2.10. The number of carbonyl (C=O) groups excluding carboxylic acids is 1. The highest BCUT2D eigenvalue weighted by atomic mass is 16.3. The van der Waals surface area contributed by atoms with Crippen LogP contribution in [0.5, 0.6) is 0 Å². The van der Waals surface area contributed by atoms with Crippen LogP contribution < -0.4 is 0 Å². The molecule has 3 nitrogen and oxygen atoms in total. The average molecular weight is 171 g/mol. The molecule has 0 aromatic carbocycles. The van der Waals surface area contributed by atoms with Crippen molar-refractivity contribution in [2.45, 2.75) is 20.0 Å². The van der Waals surface area contributed by atoms with E-state index in [1.165, 1.54) is 12.2 Å². The Morgan fingerprint density at radius 3 is 2.42 bits per heavy atom. The van der Waals surface area contributed by atoms with Crippen molar-refractivity contribution in [3.05, 3.63) is 12.2 Å². The molecule has 0 rings (SSSR count). The van der Waals surface area contributed by atoms with E-state index < -0.39 is 6.10 Å². The molecule has 0 spiro atoms. The predicted octanol–water partition coefficient (Wildman–Crippen LogP) is 0.444. The first-order valence-electron chi connectivity index (χ1n) is 4.27. The van der Waals surface area contributed by atoms with Crippen molar-refractivity contribution in [3.8, 4) is 0 Å². The highest BCUT2D eigenvalue weighted by molar-refractivity contribution is 5.64. The fraction of sp³-hybridized carbons (Fsp3) is 0.667. The molecule has 0 aliphatic carbocycles. The van der Waals surface area contributed by atoms with Gasteiger partial charge in [-0.2, -0.15) is 0 Å². The maximum absolute atomic E-state index is 9.92. The molecule has 12 heavy (non-hydrogen) atoms. The van der Waals surface area contributed by atoms with Crippen molar-refractivity contribution in [1.82, 2.24) is 4.90 Å². The lowest BCUT2D eigenvalue weighted by molar-refractivity contribution is -0.104. The molecule has 0 amide bonds. The molecule has 0 saturated heterocycles. The Morgan fingerprint density at radius 1 is 1.42 bits per heavy atom. The summed E-state index contributed by atoms with van der Waals surface area (Å²) < 4.78 is 0. The molecule has 0 saturated carbocycles. The molecule has 1 atom stereocenters. The molecule has 0 aliphatic rings. The van der Waals surface area contributed by atoms with Crippen LogP contribution in [0.4, 0.5) is 0 Å². The minimum absolute atomic E-state index is 0.532. The fourth-order valence-corrected chi connectivity index (χ4v) is 0.981. The highest BCUT2D eigenvalue weighted by Gasteiger charge is 2.04. The molecule has 0 fully saturated rings. The SMILES string of the molecule is CCN(CC)CC(O)C=CC=O. The number of aliphatic hydroxyl groups is 1. The Balaban J connectivity index is 3.72. The van der Waals surface area contributed by atoms with Crippen LogP contribution in [0.15, 0.2) is 12.2 Å². The third-order valence-corrected chi connectivity index (χ3v) is 1.75. The number of rotatable bonds is 6. The van der Waals surface area contributed by atoms with Gasteiger partial charge >= 0.3 is 0 Å². The molecular weight excluding hydrogens is 154 g/mol. The number of allylic oxidation sites excluding steroid dienone is 1. The zero-order valence-corrected chi connectivity index (χ0v) is 7.73. The minimum atomic E-state index is -0.532. The maximum atomic E-state index is 9.92. The van der Waals surface area contributed by atoms with Crippen molar-refractivity contribution >= 4 is 6.29 Å². The summed E-state index contributed by atoms with van der Waals surface area (Å²) >= 11 is 0. The molecule has 0 aromatic heterocycles. The number of aliphatic hydroxyl groups excluding tert-OH is 1. The van der Waals surface area contributed by atoms with Gasteiger partial charge in [-0.3, -0.25) is 4.79 Å². The van der Waals surface area contributed by atoms with E-state index in [0.29, 0.717) is 12.8 Å². The summed E-state index contributed by atoms with van der Waals surface area (Å²) in [7, 11) is 0. The largest absolute Gasteiger partial charge is 0.388 e. The molecule has 1 unspecified atom stereocenters. The smallest absolute Gasteiger partial charge is 0.142 e. The van der Waals surface area contributed by atoms with Crippen LogP contribution in [0.1, 0.15) is 13.8 Å². The zero-order chi connectivity index (χ0) is 9.40. The van der Waals surface area contributed by atoms with Gasteiger partial charge < -0.3 is 10.0 Å². The normalized spacial score (nSPS) is 14.0. The van der Waals surface area contributed by atoms with Crippen LogP contribution in [0.25, 0.3) is 0 Å². The van der Waals surface area contributed by atoms with Gasteiger partial charge in [-0.1, -0.05) is 19.9 Å². The molecule has 0 aliphatic heterocycles. The van der Waals surface area contributed by atoms with Crippen LogP contribution >= 0.6 is 0 Å². The quantitative estimate of drug-likeness (QED) is 0.466. The highest BCUT2D eigenvalue weighted by Crippen LogP contribution is 1.92. The fourth-order valence-electron chi connectivity index (χ4n) is 0.981. The summed E-state index contributed by atoms with van der Waals surface area (Å²) in [5.74, 6) is 0. The number of aldehydes is 1. The molecule has 3 heteroatoms. The van der Waals surface area contributed by atoms with Crippen LogP contribution in [0.3, 0.4) is 0 Å². The summed E-state index contributed by atoms with van der Waals surface area (Å²) in [6.07, 6.45) is 2.97.